The lowest BCUT2D eigenvalue weighted by atomic mass is 9.78. The molecule has 0 aromatic heterocycles. The first-order chi connectivity index (χ1) is 10.1. The SMILES string of the molecule is O=C(N1CC[C@@H](O)C1)C1(Cc2cccc(Cl)c2)CCCC1. The summed E-state index contributed by atoms with van der Waals surface area (Å²) in [4.78, 5) is 14.8. The van der Waals surface area contributed by atoms with Gasteiger partial charge in [-0.2, -0.15) is 0 Å². The highest BCUT2D eigenvalue weighted by atomic mass is 35.5. The standard InChI is InChI=1S/C17H22ClNO2/c18-14-5-3-4-13(10-14)11-17(7-1-2-8-17)16(21)19-9-6-15(20)12-19/h3-5,10,15,20H,1-2,6-9,11-12H2/t15-/m1/s1. The summed E-state index contributed by atoms with van der Waals surface area (Å²) in [7, 11) is 0. The van der Waals surface area contributed by atoms with E-state index >= 15 is 0 Å². The Bertz CT molecular complexity index is 525. The highest BCUT2D eigenvalue weighted by Gasteiger charge is 2.44. The lowest BCUT2D eigenvalue weighted by Gasteiger charge is -2.32. The number of rotatable bonds is 3. The van der Waals surface area contributed by atoms with Crippen molar-refractivity contribution in [3.8, 4) is 0 Å². The molecule has 0 spiro atoms. The number of benzene rings is 1. The van der Waals surface area contributed by atoms with Crippen molar-refractivity contribution in [3.63, 3.8) is 0 Å². The summed E-state index contributed by atoms with van der Waals surface area (Å²) in [5, 5.41) is 10.4. The van der Waals surface area contributed by atoms with E-state index in [0.29, 0.717) is 19.5 Å². The molecule has 0 radical (unpaired) electrons. The number of halogens is 1. The van der Waals surface area contributed by atoms with Crippen LogP contribution in [0.2, 0.25) is 5.02 Å². The quantitative estimate of drug-likeness (QED) is 0.932. The first-order valence-electron chi connectivity index (χ1n) is 7.81. The van der Waals surface area contributed by atoms with E-state index in [0.717, 1.165) is 42.7 Å². The zero-order valence-corrected chi connectivity index (χ0v) is 13.0. The molecule has 1 aromatic rings. The molecule has 1 saturated carbocycles. The van der Waals surface area contributed by atoms with Crippen LogP contribution in [0.4, 0.5) is 0 Å². The maximum absolute atomic E-state index is 13.0. The van der Waals surface area contributed by atoms with Crippen LogP contribution in [0.1, 0.15) is 37.7 Å². The molecule has 2 aliphatic rings. The number of hydrogen-bond donors (Lipinski definition) is 1. The highest BCUT2D eigenvalue weighted by Crippen LogP contribution is 2.43. The number of nitrogens with zero attached hydrogens (tertiary/aromatic N) is 1. The summed E-state index contributed by atoms with van der Waals surface area (Å²) >= 11 is 6.07. The number of aliphatic hydroxyl groups excluding tert-OH is 1. The van der Waals surface area contributed by atoms with Crippen LogP contribution in [0.3, 0.4) is 0 Å². The van der Waals surface area contributed by atoms with E-state index in [9.17, 15) is 9.90 Å². The Morgan fingerprint density at radius 3 is 2.76 bits per heavy atom. The Labute approximate surface area is 130 Å². The summed E-state index contributed by atoms with van der Waals surface area (Å²) in [5.74, 6) is 0.233. The van der Waals surface area contributed by atoms with E-state index in [1.54, 1.807) is 0 Å². The molecule has 1 saturated heterocycles. The lowest BCUT2D eigenvalue weighted by Crippen LogP contribution is -2.43. The molecule has 3 rings (SSSR count). The van der Waals surface area contributed by atoms with Crippen molar-refractivity contribution < 1.29 is 9.90 Å². The van der Waals surface area contributed by atoms with Crippen molar-refractivity contribution in [1.29, 1.82) is 0 Å². The van der Waals surface area contributed by atoms with Crippen LogP contribution >= 0.6 is 11.6 Å². The van der Waals surface area contributed by atoms with Crippen LogP contribution in [0.15, 0.2) is 24.3 Å². The Balaban J connectivity index is 1.81. The third-order valence-corrected chi connectivity index (χ3v) is 5.13. The number of carbonyl (C=O) groups is 1. The van der Waals surface area contributed by atoms with Crippen molar-refractivity contribution in [3.05, 3.63) is 34.9 Å². The molecule has 1 N–H and O–H groups in total. The molecule has 21 heavy (non-hydrogen) atoms. The predicted molar refractivity (Wildman–Crippen MR) is 83.3 cm³/mol. The second-order valence-corrected chi connectivity index (χ2v) is 6.92. The number of carbonyl (C=O) groups excluding carboxylic acids is 1. The third kappa shape index (κ3) is 3.09. The topological polar surface area (TPSA) is 40.5 Å². The number of amides is 1. The summed E-state index contributed by atoms with van der Waals surface area (Å²) in [6.07, 6.45) is 5.25. The van der Waals surface area contributed by atoms with Gasteiger partial charge in [0.05, 0.1) is 11.5 Å². The van der Waals surface area contributed by atoms with Crippen LogP contribution in [0.5, 0.6) is 0 Å². The number of aliphatic hydroxyl groups is 1. The summed E-state index contributed by atoms with van der Waals surface area (Å²) in [6, 6.07) is 7.83. The van der Waals surface area contributed by atoms with Crippen LogP contribution in [0, 0.1) is 5.41 Å². The van der Waals surface area contributed by atoms with Gasteiger partial charge >= 0.3 is 0 Å². The number of hydrogen-bond acceptors (Lipinski definition) is 2. The molecular weight excluding hydrogens is 286 g/mol. The van der Waals surface area contributed by atoms with Crippen LogP contribution in [-0.4, -0.2) is 35.1 Å². The molecule has 1 heterocycles. The van der Waals surface area contributed by atoms with Gasteiger partial charge in [0.25, 0.3) is 0 Å². The zero-order chi connectivity index (χ0) is 14.9. The van der Waals surface area contributed by atoms with E-state index in [1.165, 1.54) is 0 Å². The van der Waals surface area contributed by atoms with E-state index < -0.39 is 0 Å². The minimum absolute atomic E-state index is 0.233. The molecule has 3 nitrogen and oxygen atoms in total. The smallest absolute Gasteiger partial charge is 0.229 e. The van der Waals surface area contributed by atoms with Gasteiger partial charge in [0.2, 0.25) is 5.91 Å². The molecule has 1 aliphatic carbocycles. The second-order valence-electron chi connectivity index (χ2n) is 6.49. The van der Waals surface area contributed by atoms with Crippen molar-refractivity contribution in [2.45, 2.75) is 44.6 Å². The maximum atomic E-state index is 13.0. The summed E-state index contributed by atoms with van der Waals surface area (Å²) in [6.45, 7) is 1.19. The van der Waals surface area contributed by atoms with E-state index in [4.69, 9.17) is 11.6 Å². The monoisotopic (exact) mass is 307 g/mol. The average Bonchev–Trinajstić information content (AvgIpc) is 3.08. The Hall–Kier alpha value is -1.06. The van der Waals surface area contributed by atoms with Crippen molar-refractivity contribution in [2.75, 3.05) is 13.1 Å². The molecule has 4 heteroatoms. The molecule has 114 valence electrons. The van der Waals surface area contributed by atoms with Gasteiger partial charge in [-0.15, -0.1) is 0 Å². The van der Waals surface area contributed by atoms with Crippen LogP contribution < -0.4 is 0 Å². The van der Waals surface area contributed by atoms with Crippen LogP contribution in [0.25, 0.3) is 0 Å². The lowest BCUT2D eigenvalue weighted by molar-refractivity contribution is -0.141. The Morgan fingerprint density at radius 1 is 1.38 bits per heavy atom. The number of β-amino-alcohol motifs (C(OH)–C–C–N with tert-alkyl or cyclic N) is 1. The fraction of sp³-hybridized carbons (Fsp3) is 0.588. The van der Waals surface area contributed by atoms with Crippen LogP contribution in [-0.2, 0) is 11.2 Å². The van der Waals surface area contributed by atoms with Gasteiger partial charge in [-0.05, 0) is 43.4 Å². The molecular formula is C17H22ClNO2. The minimum Gasteiger partial charge on any atom is -0.391 e. The largest absolute Gasteiger partial charge is 0.391 e. The van der Waals surface area contributed by atoms with Gasteiger partial charge in [0.1, 0.15) is 0 Å². The average molecular weight is 308 g/mol. The summed E-state index contributed by atoms with van der Waals surface area (Å²) < 4.78 is 0. The predicted octanol–water partition coefficient (Wildman–Crippen LogP) is 3.04. The van der Waals surface area contributed by atoms with Crippen molar-refractivity contribution in [2.24, 2.45) is 5.41 Å². The highest BCUT2D eigenvalue weighted by molar-refractivity contribution is 6.30. The fourth-order valence-corrected chi connectivity index (χ4v) is 4.03. The molecule has 1 amide bonds. The summed E-state index contributed by atoms with van der Waals surface area (Å²) in [5.41, 5.74) is 0.854. The molecule has 0 bridgehead atoms. The third-order valence-electron chi connectivity index (χ3n) is 4.90. The van der Waals surface area contributed by atoms with Gasteiger partial charge in [-0.25, -0.2) is 0 Å². The Morgan fingerprint density at radius 2 is 2.14 bits per heavy atom. The Kier molecular flexibility index (Phi) is 4.23. The van der Waals surface area contributed by atoms with Crippen molar-refractivity contribution in [1.82, 2.24) is 4.90 Å². The van der Waals surface area contributed by atoms with Gasteiger partial charge in [0, 0.05) is 18.1 Å². The first kappa shape index (κ1) is 14.9. The first-order valence-corrected chi connectivity index (χ1v) is 8.19. The van der Waals surface area contributed by atoms with Gasteiger partial charge in [0.15, 0.2) is 0 Å². The van der Waals surface area contributed by atoms with Crippen molar-refractivity contribution >= 4 is 17.5 Å². The molecule has 2 fully saturated rings. The van der Waals surface area contributed by atoms with Gasteiger partial charge in [-0.3, -0.25) is 4.79 Å². The zero-order valence-electron chi connectivity index (χ0n) is 12.2. The second kappa shape index (κ2) is 5.98. The molecule has 1 aromatic carbocycles. The van der Waals surface area contributed by atoms with Gasteiger partial charge < -0.3 is 10.0 Å². The van der Waals surface area contributed by atoms with E-state index in [1.807, 2.05) is 23.1 Å². The van der Waals surface area contributed by atoms with Gasteiger partial charge in [-0.1, -0.05) is 36.6 Å². The van der Waals surface area contributed by atoms with E-state index in [-0.39, 0.29) is 17.4 Å². The fourth-order valence-electron chi connectivity index (χ4n) is 3.82. The minimum atomic E-state index is -0.349. The normalized spacial score (nSPS) is 24.5. The molecule has 1 aliphatic heterocycles. The molecule has 0 unspecified atom stereocenters. The van der Waals surface area contributed by atoms with E-state index in [2.05, 4.69) is 6.07 Å². The molecule has 1 atom stereocenters. The maximum Gasteiger partial charge on any atom is 0.229 e. The number of likely N-dealkylation sites (tertiary alicyclic amines) is 1.